The molecule has 0 bridgehead atoms. The zero-order chi connectivity index (χ0) is 14.2. The molecular formula is C18H24N2O. The maximum absolute atomic E-state index is 12.7. The minimum atomic E-state index is 0.286. The second-order valence-corrected chi connectivity index (χ2v) is 6.93. The zero-order valence-corrected chi connectivity index (χ0v) is 12.7. The molecule has 2 atom stereocenters. The van der Waals surface area contributed by atoms with Crippen molar-refractivity contribution in [2.24, 2.45) is 11.8 Å². The van der Waals surface area contributed by atoms with Crippen LogP contribution >= 0.6 is 0 Å². The summed E-state index contributed by atoms with van der Waals surface area (Å²) in [7, 11) is 0. The number of fused-ring (bicyclic) bond motifs is 2. The van der Waals surface area contributed by atoms with Crippen LogP contribution in [0.15, 0.2) is 12.1 Å². The van der Waals surface area contributed by atoms with Gasteiger partial charge in [-0.05, 0) is 56.6 Å². The van der Waals surface area contributed by atoms with Crippen LogP contribution in [-0.4, -0.2) is 23.9 Å². The molecule has 3 heteroatoms. The number of rotatable bonds is 1. The molecule has 3 nitrogen and oxygen atoms in total. The standard InChI is InChI=1S/C18H24N2O/c21-18-14-7-3-2-6-13(14)12-16-15(18)8-9-17(19-16)20-10-4-1-5-11-20/h8-9,13-14H,1-7,10-12H2. The highest BCUT2D eigenvalue weighted by molar-refractivity contribution is 6.00. The van der Waals surface area contributed by atoms with E-state index in [1.165, 1.54) is 38.5 Å². The summed E-state index contributed by atoms with van der Waals surface area (Å²) in [6.07, 6.45) is 9.71. The van der Waals surface area contributed by atoms with E-state index < -0.39 is 0 Å². The lowest BCUT2D eigenvalue weighted by Gasteiger charge is -2.35. The van der Waals surface area contributed by atoms with E-state index >= 15 is 0 Å². The van der Waals surface area contributed by atoms with E-state index in [1.54, 1.807) is 0 Å². The van der Waals surface area contributed by atoms with Gasteiger partial charge in [0, 0.05) is 24.6 Å². The van der Waals surface area contributed by atoms with Gasteiger partial charge in [0.2, 0.25) is 0 Å². The number of pyridine rings is 1. The van der Waals surface area contributed by atoms with Gasteiger partial charge >= 0.3 is 0 Å². The van der Waals surface area contributed by atoms with Gasteiger partial charge in [-0.1, -0.05) is 12.8 Å². The first kappa shape index (κ1) is 13.3. The van der Waals surface area contributed by atoms with Gasteiger partial charge in [0.25, 0.3) is 0 Å². The van der Waals surface area contributed by atoms with Crippen molar-refractivity contribution in [3.8, 4) is 0 Å². The van der Waals surface area contributed by atoms with Gasteiger partial charge in [-0.2, -0.15) is 0 Å². The largest absolute Gasteiger partial charge is 0.357 e. The van der Waals surface area contributed by atoms with E-state index in [1.807, 2.05) is 0 Å². The molecule has 1 aliphatic heterocycles. The van der Waals surface area contributed by atoms with Crippen molar-refractivity contribution in [2.75, 3.05) is 18.0 Å². The van der Waals surface area contributed by atoms with Crippen LogP contribution in [-0.2, 0) is 6.42 Å². The molecule has 0 radical (unpaired) electrons. The lowest BCUT2D eigenvalue weighted by Crippen LogP contribution is -2.35. The molecule has 112 valence electrons. The van der Waals surface area contributed by atoms with Gasteiger partial charge in [0.15, 0.2) is 5.78 Å². The third kappa shape index (κ3) is 2.37. The number of nitrogens with zero attached hydrogens (tertiary/aromatic N) is 2. The first-order valence-electron chi connectivity index (χ1n) is 8.62. The van der Waals surface area contributed by atoms with E-state index in [2.05, 4.69) is 17.0 Å². The maximum atomic E-state index is 12.7. The Balaban J connectivity index is 1.64. The Morgan fingerprint density at radius 2 is 1.81 bits per heavy atom. The van der Waals surface area contributed by atoms with Gasteiger partial charge in [0.1, 0.15) is 5.82 Å². The van der Waals surface area contributed by atoms with Crippen molar-refractivity contribution in [1.29, 1.82) is 0 Å². The molecule has 0 spiro atoms. The van der Waals surface area contributed by atoms with Gasteiger partial charge in [-0.3, -0.25) is 4.79 Å². The second kappa shape index (κ2) is 5.43. The molecule has 2 fully saturated rings. The van der Waals surface area contributed by atoms with Crippen molar-refractivity contribution in [1.82, 2.24) is 4.98 Å². The van der Waals surface area contributed by atoms with Crippen molar-refractivity contribution in [3.05, 3.63) is 23.4 Å². The minimum absolute atomic E-state index is 0.286. The van der Waals surface area contributed by atoms with E-state index in [4.69, 9.17) is 4.98 Å². The average molecular weight is 284 g/mol. The molecule has 1 saturated heterocycles. The fourth-order valence-corrected chi connectivity index (χ4v) is 4.41. The smallest absolute Gasteiger partial charge is 0.168 e. The molecule has 0 N–H and O–H groups in total. The third-order valence-corrected chi connectivity index (χ3v) is 5.61. The summed E-state index contributed by atoms with van der Waals surface area (Å²) >= 11 is 0. The number of hydrogen-bond acceptors (Lipinski definition) is 3. The Labute approximate surface area is 126 Å². The molecule has 0 amide bonds. The van der Waals surface area contributed by atoms with Crippen LogP contribution in [0, 0.1) is 11.8 Å². The number of carbonyl (C=O) groups is 1. The molecule has 1 aromatic rings. The second-order valence-electron chi connectivity index (χ2n) is 6.93. The number of Topliss-reactive ketones (excluding diaryl/α,β-unsaturated/α-hetero) is 1. The zero-order valence-electron chi connectivity index (χ0n) is 12.7. The Bertz CT molecular complexity index is 548. The van der Waals surface area contributed by atoms with Crippen molar-refractivity contribution in [3.63, 3.8) is 0 Å². The van der Waals surface area contributed by atoms with Crippen LogP contribution in [0.4, 0.5) is 5.82 Å². The van der Waals surface area contributed by atoms with Crippen LogP contribution in [0.2, 0.25) is 0 Å². The summed E-state index contributed by atoms with van der Waals surface area (Å²) in [5.41, 5.74) is 1.99. The lowest BCUT2D eigenvalue weighted by molar-refractivity contribution is 0.0798. The highest BCUT2D eigenvalue weighted by Crippen LogP contribution is 2.39. The van der Waals surface area contributed by atoms with E-state index in [0.29, 0.717) is 11.7 Å². The normalized spacial score (nSPS) is 29.0. The molecule has 0 aromatic carbocycles. The predicted octanol–water partition coefficient (Wildman–Crippen LogP) is 3.62. The Morgan fingerprint density at radius 3 is 2.67 bits per heavy atom. The molecule has 3 aliphatic rings. The van der Waals surface area contributed by atoms with Crippen molar-refractivity contribution in [2.45, 2.75) is 51.4 Å². The van der Waals surface area contributed by atoms with Crippen LogP contribution in [0.25, 0.3) is 0 Å². The summed E-state index contributed by atoms with van der Waals surface area (Å²) in [4.78, 5) is 20.0. The fraction of sp³-hybridized carbons (Fsp3) is 0.667. The summed E-state index contributed by atoms with van der Waals surface area (Å²) < 4.78 is 0. The maximum Gasteiger partial charge on any atom is 0.168 e. The summed E-state index contributed by atoms with van der Waals surface area (Å²) in [6.45, 7) is 2.23. The molecule has 1 aromatic heterocycles. The van der Waals surface area contributed by atoms with E-state index in [9.17, 15) is 4.79 Å². The number of aromatic nitrogens is 1. The van der Waals surface area contributed by atoms with E-state index in [0.717, 1.165) is 43.0 Å². The van der Waals surface area contributed by atoms with Crippen LogP contribution in [0.1, 0.15) is 61.0 Å². The Kier molecular flexibility index (Phi) is 3.44. The quantitative estimate of drug-likeness (QED) is 0.789. The van der Waals surface area contributed by atoms with Crippen LogP contribution in [0.5, 0.6) is 0 Å². The topological polar surface area (TPSA) is 33.2 Å². The summed E-state index contributed by atoms with van der Waals surface area (Å²) in [5, 5.41) is 0. The van der Waals surface area contributed by atoms with Gasteiger partial charge in [-0.15, -0.1) is 0 Å². The number of piperidine rings is 1. The van der Waals surface area contributed by atoms with Gasteiger partial charge < -0.3 is 4.90 Å². The SMILES string of the molecule is O=C1c2ccc(N3CCCCC3)nc2CC2CCCCC12. The van der Waals surface area contributed by atoms with Crippen LogP contribution in [0.3, 0.4) is 0 Å². The third-order valence-electron chi connectivity index (χ3n) is 5.61. The first-order valence-corrected chi connectivity index (χ1v) is 8.62. The van der Waals surface area contributed by atoms with Crippen molar-refractivity contribution < 1.29 is 4.79 Å². The highest BCUT2D eigenvalue weighted by Gasteiger charge is 2.37. The fourth-order valence-electron chi connectivity index (χ4n) is 4.41. The van der Waals surface area contributed by atoms with E-state index in [-0.39, 0.29) is 5.92 Å². The minimum Gasteiger partial charge on any atom is -0.357 e. The Morgan fingerprint density at radius 1 is 1.00 bits per heavy atom. The summed E-state index contributed by atoms with van der Waals surface area (Å²) in [5.74, 6) is 2.31. The van der Waals surface area contributed by atoms with Crippen LogP contribution < -0.4 is 4.90 Å². The number of hydrogen-bond donors (Lipinski definition) is 0. The Hall–Kier alpha value is -1.38. The molecular weight excluding hydrogens is 260 g/mol. The van der Waals surface area contributed by atoms with Gasteiger partial charge in [-0.25, -0.2) is 4.98 Å². The van der Waals surface area contributed by atoms with Crippen molar-refractivity contribution >= 4 is 11.6 Å². The first-order chi connectivity index (χ1) is 10.3. The predicted molar refractivity (Wildman–Crippen MR) is 83.8 cm³/mol. The molecule has 4 rings (SSSR count). The average Bonchev–Trinajstić information content (AvgIpc) is 2.55. The molecule has 1 saturated carbocycles. The highest BCUT2D eigenvalue weighted by atomic mass is 16.1. The molecule has 2 heterocycles. The summed E-state index contributed by atoms with van der Waals surface area (Å²) in [6, 6.07) is 4.13. The van der Waals surface area contributed by atoms with Gasteiger partial charge in [0.05, 0.1) is 5.69 Å². The molecule has 2 aliphatic carbocycles. The molecule has 2 unspecified atom stereocenters. The number of ketones is 1. The monoisotopic (exact) mass is 284 g/mol. The number of carbonyl (C=O) groups excluding carboxylic acids is 1. The number of anilines is 1. The molecule has 21 heavy (non-hydrogen) atoms. The lowest BCUT2D eigenvalue weighted by atomic mass is 9.69.